The number of carbonyl (C=O) groups excluding carboxylic acids is 2. The molecular weight excluding hydrogens is 1150 g/mol. The number of ketones is 2. The fourth-order valence-corrected chi connectivity index (χ4v) is 9.37. The SMILES string of the molecule is Br.C.C.CCSC(N)=NC(=S)Nc1ccc(N2CCN(C(C)C)CC2)cc1.COc1cc(C(=O)CBr)ccc1F.COc1cc(C(=O)c2sc(Nc3ccc(N4CCN(C(C)C)CC4)cc3)nc2N)ccc1F.P. The summed E-state index contributed by atoms with van der Waals surface area (Å²) in [5.41, 5.74) is 16.7. The number of rotatable bonds is 14. The molecule has 1 unspecified atom stereocenters. The molecule has 5 aromatic rings. The number of hydrogen-bond donors (Lipinski definition) is 4. The summed E-state index contributed by atoms with van der Waals surface area (Å²) in [6.45, 7) is 19.5. The van der Waals surface area contributed by atoms with Crippen molar-refractivity contribution in [2.75, 3.05) is 104 Å². The minimum atomic E-state index is -0.529. The molecule has 2 aliphatic rings. The van der Waals surface area contributed by atoms with Crippen LogP contribution < -0.4 is 41.4 Å². The highest BCUT2D eigenvalue weighted by Crippen LogP contribution is 2.32. The van der Waals surface area contributed by atoms with Crippen molar-refractivity contribution in [3.63, 3.8) is 0 Å². The molecule has 2 saturated heterocycles. The molecule has 1 atom stereocenters. The molecule has 0 saturated carbocycles. The number of thiazole rings is 1. The average molecular weight is 1230 g/mol. The summed E-state index contributed by atoms with van der Waals surface area (Å²) in [6.07, 6.45) is 0. The highest BCUT2D eigenvalue weighted by atomic mass is 79.9. The molecule has 2 aliphatic heterocycles. The van der Waals surface area contributed by atoms with E-state index in [9.17, 15) is 18.4 Å². The molecule has 0 spiro atoms. The first-order valence-corrected chi connectivity index (χ1v) is 26.2. The van der Waals surface area contributed by atoms with Crippen molar-refractivity contribution >= 4 is 134 Å². The number of halogens is 4. The molecule has 6 N–H and O–H groups in total. The van der Waals surface area contributed by atoms with Gasteiger partial charge in [0.1, 0.15) is 10.7 Å². The third-order valence-electron chi connectivity index (χ3n) is 11.4. The van der Waals surface area contributed by atoms with Gasteiger partial charge >= 0.3 is 0 Å². The van der Waals surface area contributed by atoms with Crippen LogP contribution in [0, 0.1) is 11.6 Å². The van der Waals surface area contributed by atoms with E-state index in [0.29, 0.717) is 37.9 Å². The standard InChI is InChI=1S/C24H28FN5O2S.C17H27N5S2.C9H8BrFO2.2CH4.BrH.H3P/c1-15(2)29-10-12-30(13-11-29)18-7-5-17(6-8-18)27-24-28-23(26)22(33-24)21(31)16-4-9-19(25)20(14-16)32-3;1-4-24-16(18)20-17(23)19-14-5-7-15(8-6-14)22-11-9-21(10-12-22)13(2)3;1-13-9-4-6(8(12)5-10)2-3-7(9)11;;;;/h4-9,14-15H,10-13,26H2,1-3H3,(H,27,28);5-8,13H,4,9-12H2,1-3H3,(H3,18,19,20,23);2-4H,5H2,1H3;2*1H4;1H;1H3. The lowest BCUT2D eigenvalue weighted by atomic mass is 10.1. The van der Waals surface area contributed by atoms with Crippen LogP contribution in [0.1, 0.15) is 75.1 Å². The minimum Gasteiger partial charge on any atom is -0.494 e. The summed E-state index contributed by atoms with van der Waals surface area (Å²) in [5.74, 6) is -0.301. The molecule has 22 heteroatoms. The van der Waals surface area contributed by atoms with Gasteiger partial charge in [0.15, 0.2) is 44.3 Å². The number of benzene rings is 4. The second-order valence-electron chi connectivity index (χ2n) is 16.6. The number of hydrogen-bond acceptors (Lipinski definition) is 14. The Morgan fingerprint density at radius 3 is 1.66 bits per heavy atom. The summed E-state index contributed by atoms with van der Waals surface area (Å²) in [7, 11) is 2.72. The number of nitrogens with two attached hydrogens (primary N) is 2. The molecule has 1 aromatic heterocycles. The number of methoxy groups -OCH3 is 2. The van der Waals surface area contributed by atoms with Crippen LogP contribution in [0.15, 0.2) is 89.9 Å². The first kappa shape index (κ1) is 67.5. The normalized spacial score (nSPS) is 13.5. The Morgan fingerprint density at radius 2 is 1.23 bits per heavy atom. The van der Waals surface area contributed by atoms with Crippen LogP contribution in [0.4, 0.5) is 42.5 Å². The number of piperazine rings is 2. The number of nitrogens with zero attached hydrogens (tertiary/aromatic N) is 6. The lowest BCUT2D eigenvalue weighted by Gasteiger charge is -2.38. The van der Waals surface area contributed by atoms with Crippen LogP contribution in [-0.2, 0) is 0 Å². The highest BCUT2D eigenvalue weighted by molar-refractivity contribution is 9.09. The maximum Gasteiger partial charge on any atom is 0.206 e. The number of thiocarbonyl (C=S) groups is 1. The van der Waals surface area contributed by atoms with Crippen LogP contribution in [0.2, 0.25) is 0 Å². The molecule has 0 radical (unpaired) electrons. The van der Waals surface area contributed by atoms with Gasteiger partial charge in [-0.1, -0.05) is 60.8 Å². The van der Waals surface area contributed by atoms with Gasteiger partial charge in [-0.2, -0.15) is 14.9 Å². The number of aromatic nitrogens is 1. The number of alkyl halides is 1. The fraction of sp³-hybridized carbons (Fsp3) is 0.404. The first-order valence-electron chi connectivity index (χ1n) is 22.8. The van der Waals surface area contributed by atoms with E-state index < -0.39 is 11.6 Å². The van der Waals surface area contributed by atoms with Crippen molar-refractivity contribution in [1.82, 2.24) is 14.8 Å². The summed E-state index contributed by atoms with van der Waals surface area (Å²) in [4.78, 5) is 42.6. The first-order chi connectivity index (χ1) is 33.5. The number of amidine groups is 1. The summed E-state index contributed by atoms with van der Waals surface area (Å²) >= 11 is 10.9. The Balaban J connectivity index is 0.000000589. The maximum atomic E-state index is 13.7. The molecule has 0 amide bonds. The molecule has 4 aromatic carbocycles. The molecule has 14 nitrogen and oxygen atoms in total. The smallest absolute Gasteiger partial charge is 0.206 e. The Labute approximate surface area is 473 Å². The van der Waals surface area contributed by atoms with Crippen molar-refractivity contribution in [2.24, 2.45) is 10.7 Å². The molecule has 408 valence electrons. The van der Waals surface area contributed by atoms with Gasteiger partial charge < -0.3 is 41.4 Å². The van der Waals surface area contributed by atoms with Crippen LogP contribution in [0.25, 0.3) is 0 Å². The number of aliphatic imine (C=N–C) groups is 1. The zero-order valence-electron chi connectivity index (χ0n) is 41.8. The van der Waals surface area contributed by atoms with Gasteiger partial charge in [0.2, 0.25) is 5.78 Å². The zero-order chi connectivity index (χ0) is 50.9. The molecule has 0 aliphatic carbocycles. The van der Waals surface area contributed by atoms with Crippen LogP contribution >= 0.6 is 78.1 Å². The van der Waals surface area contributed by atoms with Gasteiger partial charge in [0.25, 0.3) is 0 Å². The lowest BCUT2D eigenvalue weighted by molar-refractivity contribution is 0.102. The van der Waals surface area contributed by atoms with E-state index in [1.54, 1.807) is 0 Å². The number of carbonyl (C=O) groups is 2. The molecule has 0 bridgehead atoms. The number of ether oxygens (including phenoxy) is 2. The van der Waals surface area contributed by atoms with Gasteiger partial charge in [0.05, 0.1) is 19.5 Å². The molecule has 74 heavy (non-hydrogen) atoms. The van der Waals surface area contributed by atoms with Crippen molar-refractivity contribution in [2.45, 2.75) is 61.6 Å². The zero-order valence-corrected chi connectivity index (χ0v) is 48.9. The van der Waals surface area contributed by atoms with Gasteiger partial charge in [-0.05, 0) is 131 Å². The number of nitrogen functional groups attached to an aromatic ring is 1. The van der Waals surface area contributed by atoms with E-state index in [-0.39, 0.29) is 81.5 Å². The number of thioether (sulfide) groups is 1. The minimum absolute atomic E-state index is 0. The van der Waals surface area contributed by atoms with Crippen molar-refractivity contribution in [3.05, 3.63) is 113 Å². The van der Waals surface area contributed by atoms with Gasteiger partial charge in [-0.3, -0.25) is 19.4 Å². The van der Waals surface area contributed by atoms with E-state index in [1.165, 1.54) is 73.8 Å². The topological polar surface area (TPSA) is 167 Å². The van der Waals surface area contributed by atoms with E-state index in [2.05, 4.69) is 108 Å². The largest absolute Gasteiger partial charge is 0.494 e. The van der Waals surface area contributed by atoms with Crippen molar-refractivity contribution < 1.29 is 27.8 Å². The lowest BCUT2D eigenvalue weighted by Crippen LogP contribution is -2.48. The predicted octanol–water partition coefficient (Wildman–Crippen LogP) is 11.7. The van der Waals surface area contributed by atoms with Crippen LogP contribution in [-0.4, -0.2) is 126 Å². The van der Waals surface area contributed by atoms with E-state index >= 15 is 0 Å². The second kappa shape index (κ2) is 33.5. The predicted molar refractivity (Wildman–Crippen MR) is 329 cm³/mol. The Bertz CT molecular complexity index is 2550. The Kier molecular flexibility index (Phi) is 30.6. The third-order valence-corrected chi connectivity index (χ3v) is 13.8. The molecular formula is C52H75Br2F2N10O4PS3. The quantitative estimate of drug-likeness (QED) is 0.0207. The average Bonchev–Trinajstić information content (AvgIpc) is 3.73. The van der Waals surface area contributed by atoms with Gasteiger partial charge in [0, 0.05) is 98.3 Å². The number of nitrogens with one attached hydrogen (secondary N) is 2. The molecule has 7 rings (SSSR count). The Hall–Kier alpha value is -4.47. The van der Waals surface area contributed by atoms with E-state index in [0.717, 1.165) is 80.8 Å². The Morgan fingerprint density at radius 1 is 0.784 bits per heavy atom. The third kappa shape index (κ3) is 19.9. The number of anilines is 6. The summed E-state index contributed by atoms with van der Waals surface area (Å²) < 4.78 is 36.3. The van der Waals surface area contributed by atoms with Crippen molar-refractivity contribution in [3.8, 4) is 11.5 Å². The fourth-order valence-electron chi connectivity index (χ4n) is 7.45. The van der Waals surface area contributed by atoms with E-state index in [4.69, 9.17) is 33.2 Å². The molecule has 2 fully saturated rings. The second-order valence-corrected chi connectivity index (χ2v) is 19.8. The van der Waals surface area contributed by atoms with Gasteiger partial charge in [-0.15, -0.1) is 17.0 Å². The van der Waals surface area contributed by atoms with Crippen molar-refractivity contribution in [1.29, 1.82) is 0 Å². The monoisotopic (exact) mass is 1230 g/mol. The number of Topliss-reactive ketones (excluding diaryl/α,β-unsaturated/α-hetero) is 1. The van der Waals surface area contributed by atoms with Gasteiger partial charge in [-0.25, -0.2) is 13.8 Å². The summed E-state index contributed by atoms with van der Waals surface area (Å²) in [5, 5.41) is 7.96. The van der Waals surface area contributed by atoms with E-state index in [1.807, 2.05) is 31.2 Å². The van der Waals surface area contributed by atoms with Crippen LogP contribution in [0.3, 0.4) is 0 Å². The van der Waals surface area contributed by atoms with Crippen LogP contribution in [0.5, 0.6) is 11.5 Å². The molecule has 3 heterocycles. The summed E-state index contributed by atoms with van der Waals surface area (Å²) in [6, 6.07) is 25.7. The maximum absolute atomic E-state index is 13.7. The highest BCUT2D eigenvalue weighted by Gasteiger charge is 2.22.